The van der Waals surface area contributed by atoms with Gasteiger partial charge < -0.3 is 14.4 Å². The lowest BCUT2D eigenvalue weighted by Crippen LogP contribution is -2.50. The smallest absolute Gasteiger partial charge is 0.260 e. The molecule has 1 fully saturated rings. The van der Waals surface area contributed by atoms with Crippen molar-refractivity contribution in [2.45, 2.75) is 13.0 Å². The van der Waals surface area contributed by atoms with Crippen molar-refractivity contribution in [3.8, 4) is 11.5 Å². The van der Waals surface area contributed by atoms with Gasteiger partial charge in [-0.05, 0) is 32.2 Å². The van der Waals surface area contributed by atoms with Gasteiger partial charge in [-0.1, -0.05) is 35.9 Å². The Balaban J connectivity index is 1.65. The molecule has 0 radical (unpaired) electrons. The number of piperazine rings is 1. The molecule has 0 aliphatic carbocycles. The van der Waals surface area contributed by atoms with Gasteiger partial charge in [-0.15, -0.1) is 0 Å². The molecule has 1 aliphatic heterocycles. The van der Waals surface area contributed by atoms with Crippen LogP contribution in [0.2, 0.25) is 0 Å². The van der Waals surface area contributed by atoms with Gasteiger partial charge >= 0.3 is 0 Å². The number of amides is 1. The molecule has 5 nitrogen and oxygen atoms in total. The monoisotopic (exact) mass is 354 g/mol. The van der Waals surface area contributed by atoms with Gasteiger partial charge in [-0.25, -0.2) is 0 Å². The van der Waals surface area contributed by atoms with Gasteiger partial charge in [0, 0.05) is 25.2 Å². The van der Waals surface area contributed by atoms with E-state index in [-0.39, 0.29) is 18.6 Å². The van der Waals surface area contributed by atoms with Crippen molar-refractivity contribution in [1.29, 1.82) is 0 Å². The summed E-state index contributed by atoms with van der Waals surface area (Å²) in [7, 11) is 3.77. The van der Waals surface area contributed by atoms with Crippen molar-refractivity contribution < 1.29 is 14.3 Å². The van der Waals surface area contributed by atoms with Crippen LogP contribution in [0.15, 0.2) is 48.5 Å². The molecule has 1 atom stereocenters. The average molecular weight is 354 g/mol. The molecule has 5 heteroatoms. The van der Waals surface area contributed by atoms with Gasteiger partial charge in [0.05, 0.1) is 13.2 Å². The molecule has 0 spiro atoms. The zero-order chi connectivity index (χ0) is 18.5. The highest BCUT2D eigenvalue weighted by molar-refractivity contribution is 5.78. The number of carbonyl (C=O) groups excluding carboxylic acids is 1. The lowest BCUT2D eigenvalue weighted by molar-refractivity contribution is -0.136. The summed E-state index contributed by atoms with van der Waals surface area (Å²) in [6.07, 6.45) is 0. The standard InChI is InChI=1S/C21H26N2O3/c1-16-8-10-17(11-9-16)26-15-21(24)23-13-12-22(2)19(14-23)18-6-4-5-7-20(18)25-3/h4-11,19H,12-15H2,1-3H3. The maximum Gasteiger partial charge on any atom is 0.260 e. The summed E-state index contributed by atoms with van der Waals surface area (Å²) in [6.45, 7) is 4.24. The van der Waals surface area contributed by atoms with Crippen molar-refractivity contribution in [1.82, 2.24) is 9.80 Å². The number of carbonyl (C=O) groups is 1. The molecule has 2 aromatic carbocycles. The van der Waals surface area contributed by atoms with Crippen LogP contribution in [0.4, 0.5) is 0 Å². The maximum absolute atomic E-state index is 12.6. The van der Waals surface area contributed by atoms with Crippen LogP contribution in [0, 0.1) is 6.92 Å². The van der Waals surface area contributed by atoms with Crippen LogP contribution in [0.1, 0.15) is 17.2 Å². The summed E-state index contributed by atoms with van der Waals surface area (Å²) in [5.74, 6) is 1.59. The predicted molar refractivity (Wildman–Crippen MR) is 102 cm³/mol. The van der Waals surface area contributed by atoms with Crippen molar-refractivity contribution >= 4 is 5.91 Å². The zero-order valence-electron chi connectivity index (χ0n) is 15.6. The Morgan fingerprint density at radius 3 is 2.58 bits per heavy atom. The summed E-state index contributed by atoms with van der Waals surface area (Å²) in [4.78, 5) is 16.8. The third-order valence-corrected chi connectivity index (χ3v) is 4.88. The maximum atomic E-state index is 12.6. The highest BCUT2D eigenvalue weighted by Crippen LogP contribution is 2.31. The Morgan fingerprint density at radius 2 is 1.85 bits per heavy atom. The van der Waals surface area contributed by atoms with Crippen molar-refractivity contribution in [3.63, 3.8) is 0 Å². The van der Waals surface area contributed by atoms with E-state index in [1.54, 1.807) is 7.11 Å². The van der Waals surface area contributed by atoms with Crippen molar-refractivity contribution in [3.05, 3.63) is 59.7 Å². The molecule has 1 saturated heterocycles. The van der Waals surface area contributed by atoms with E-state index < -0.39 is 0 Å². The molecule has 138 valence electrons. The van der Waals surface area contributed by atoms with Crippen LogP contribution in [0.5, 0.6) is 11.5 Å². The second-order valence-electron chi connectivity index (χ2n) is 6.68. The van der Waals surface area contributed by atoms with Crippen molar-refractivity contribution in [2.24, 2.45) is 0 Å². The molecule has 3 rings (SSSR count). The van der Waals surface area contributed by atoms with Gasteiger partial charge in [0.1, 0.15) is 11.5 Å². The van der Waals surface area contributed by atoms with Crippen LogP contribution in [0.3, 0.4) is 0 Å². The number of benzene rings is 2. The fraction of sp³-hybridized carbons (Fsp3) is 0.381. The summed E-state index contributed by atoms with van der Waals surface area (Å²) in [5, 5.41) is 0. The van der Waals surface area contributed by atoms with E-state index in [4.69, 9.17) is 9.47 Å². The number of ether oxygens (including phenoxy) is 2. The van der Waals surface area contributed by atoms with Gasteiger partial charge in [0.2, 0.25) is 0 Å². The van der Waals surface area contributed by atoms with Crippen molar-refractivity contribution in [2.75, 3.05) is 40.4 Å². The van der Waals surface area contributed by atoms with E-state index in [2.05, 4.69) is 18.0 Å². The number of para-hydroxylation sites is 1. The molecule has 1 unspecified atom stereocenters. The molecule has 26 heavy (non-hydrogen) atoms. The lowest BCUT2D eigenvalue weighted by Gasteiger charge is -2.40. The SMILES string of the molecule is COc1ccccc1C1CN(C(=O)COc2ccc(C)cc2)CCN1C. The Kier molecular flexibility index (Phi) is 5.78. The van der Waals surface area contributed by atoms with E-state index in [1.807, 2.05) is 54.3 Å². The number of hydrogen-bond donors (Lipinski definition) is 0. The molecule has 0 N–H and O–H groups in total. The van der Waals surface area contributed by atoms with E-state index >= 15 is 0 Å². The molecule has 0 aromatic heterocycles. The fourth-order valence-corrected chi connectivity index (χ4v) is 3.25. The van der Waals surface area contributed by atoms with Gasteiger partial charge in [0.25, 0.3) is 5.91 Å². The van der Waals surface area contributed by atoms with Gasteiger partial charge in [-0.3, -0.25) is 9.69 Å². The number of hydrogen-bond acceptors (Lipinski definition) is 4. The molecule has 2 aromatic rings. The number of rotatable bonds is 5. The molecule has 0 bridgehead atoms. The zero-order valence-corrected chi connectivity index (χ0v) is 15.6. The van der Waals surface area contributed by atoms with E-state index in [0.29, 0.717) is 13.1 Å². The Morgan fingerprint density at radius 1 is 1.12 bits per heavy atom. The first kappa shape index (κ1) is 18.3. The topological polar surface area (TPSA) is 42.0 Å². The van der Waals surface area contributed by atoms with E-state index in [9.17, 15) is 4.79 Å². The minimum atomic E-state index is 0.0126. The molecule has 1 heterocycles. The largest absolute Gasteiger partial charge is 0.496 e. The summed E-state index contributed by atoms with van der Waals surface area (Å²) in [6, 6.07) is 15.9. The van der Waals surface area contributed by atoms with Crippen LogP contribution >= 0.6 is 0 Å². The Labute approximate surface area is 155 Å². The van der Waals surface area contributed by atoms with Gasteiger partial charge in [-0.2, -0.15) is 0 Å². The Bertz CT molecular complexity index is 745. The second kappa shape index (κ2) is 8.23. The summed E-state index contributed by atoms with van der Waals surface area (Å²) in [5.41, 5.74) is 2.27. The first-order chi connectivity index (χ1) is 12.6. The summed E-state index contributed by atoms with van der Waals surface area (Å²) < 4.78 is 11.2. The average Bonchev–Trinajstić information content (AvgIpc) is 2.67. The predicted octanol–water partition coefficient (Wildman–Crippen LogP) is 2.90. The molecule has 0 saturated carbocycles. The normalized spacial score (nSPS) is 17.8. The van der Waals surface area contributed by atoms with Crippen LogP contribution in [0.25, 0.3) is 0 Å². The first-order valence-electron chi connectivity index (χ1n) is 8.89. The highest BCUT2D eigenvalue weighted by Gasteiger charge is 2.30. The van der Waals surface area contributed by atoms with Crippen LogP contribution < -0.4 is 9.47 Å². The molecule has 1 aliphatic rings. The third-order valence-electron chi connectivity index (χ3n) is 4.88. The Hall–Kier alpha value is -2.53. The number of methoxy groups -OCH3 is 1. The molecule has 1 amide bonds. The number of nitrogens with zero attached hydrogens (tertiary/aromatic N) is 2. The molecular formula is C21H26N2O3. The minimum Gasteiger partial charge on any atom is -0.496 e. The fourth-order valence-electron chi connectivity index (χ4n) is 3.25. The second-order valence-corrected chi connectivity index (χ2v) is 6.68. The first-order valence-corrected chi connectivity index (χ1v) is 8.89. The van der Waals surface area contributed by atoms with Gasteiger partial charge in [0.15, 0.2) is 6.61 Å². The number of aryl methyl sites for hydroxylation is 1. The van der Waals surface area contributed by atoms with Crippen LogP contribution in [-0.2, 0) is 4.79 Å². The highest BCUT2D eigenvalue weighted by atomic mass is 16.5. The summed E-state index contributed by atoms with van der Waals surface area (Å²) >= 11 is 0. The van der Waals surface area contributed by atoms with Crippen LogP contribution in [-0.4, -0.2) is 56.1 Å². The van der Waals surface area contributed by atoms with E-state index in [1.165, 1.54) is 5.56 Å². The molecular weight excluding hydrogens is 328 g/mol. The minimum absolute atomic E-state index is 0.0126. The van der Waals surface area contributed by atoms with E-state index in [0.717, 1.165) is 23.6 Å². The quantitative estimate of drug-likeness (QED) is 0.828. The lowest BCUT2D eigenvalue weighted by atomic mass is 10.0. The number of likely N-dealkylation sites (N-methyl/N-ethyl adjacent to an activating group) is 1. The third kappa shape index (κ3) is 4.17.